The Bertz CT molecular complexity index is 558. The molecule has 2 rings (SSSR count). The van der Waals surface area contributed by atoms with Gasteiger partial charge in [-0.3, -0.25) is 0 Å². The van der Waals surface area contributed by atoms with Crippen molar-refractivity contribution in [2.75, 3.05) is 0 Å². The zero-order valence-corrected chi connectivity index (χ0v) is 11.5. The van der Waals surface area contributed by atoms with E-state index in [2.05, 4.69) is 0 Å². The first-order valence-electron chi connectivity index (χ1n) is 5.64. The summed E-state index contributed by atoms with van der Waals surface area (Å²) in [7, 11) is 0. The van der Waals surface area contributed by atoms with Crippen LogP contribution in [0, 0.1) is 0 Å². The van der Waals surface area contributed by atoms with Crippen molar-refractivity contribution in [1.82, 2.24) is 0 Å². The van der Waals surface area contributed by atoms with Crippen molar-refractivity contribution in [3.8, 4) is 11.1 Å². The van der Waals surface area contributed by atoms with Gasteiger partial charge in [0.2, 0.25) is 0 Å². The third-order valence-electron chi connectivity index (χ3n) is 2.68. The lowest BCUT2D eigenvalue weighted by Crippen LogP contribution is -1.98. The van der Waals surface area contributed by atoms with Gasteiger partial charge >= 0.3 is 0 Å². The number of benzene rings is 2. The Hall–Kier alpha value is -1.10. The predicted octanol–water partition coefficient (Wildman–Crippen LogP) is 4.78. The van der Waals surface area contributed by atoms with Crippen LogP contribution < -0.4 is 5.73 Å². The monoisotopic (exact) mass is 299 g/mol. The maximum Gasteiger partial charge on any atom is 0.288 e. The molecule has 1 nitrogen and oxygen atoms in total. The van der Waals surface area contributed by atoms with Crippen LogP contribution in [-0.4, -0.2) is 5.76 Å². The van der Waals surface area contributed by atoms with Crippen LogP contribution in [0.1, 0.15) is 5.56 Å². The van der Waals surface area contributed by atoms with Gasteiger partial charge in [0, 0.05) is 16.5 Å². The molecule has 5 heteroatoms. The van der Waals surface area contributed by atoms with E-state index in [9.17, 15) is 8.78 Å². The normalized spacial score (nSPS) is 11.0. The average molecular weight is 300 g/mol. The molecule has 0 unspecified atom stereocenters. The van der Waals surface area contributed by atoms with Crippen LogP contribution in [0.3, 0.4) is 0 Å². The minimum Gasteiger partial charge on any atom is -0.326 e. The van der Waals surface area contributed by atoms with Crippen LogP contribution in [0.5, 0.6) is 0 Å². The Morgan fingerprint density at radius 3 is 2.37 bits per heavy atom. The highest BCUT2D eigenvalue weighted by molar-refractivity contribution is 7.99. The van der Waals surface area contributed by atoms with Gasteiger partial charge < -0.3 is 5.73 Å². The number of thioether (sulfide) groups is 1. The van der Waals surface area contributed by atoms with Crippen molar-refractivity contribution in [2.45, 2.75) is 17.2 Å². The van der Waals surface area contributed by atoms with E-state index in [0.717, 1.165) is 16.7 Å². The molecule has 0 saturated heterocycles. The standard InChI is InChI=1S/C14H12ClF2NS/c15-11-3-6-13(10(7-11)8-18)9-1-4-12(5-2-9)19-14(16)17/h1-7,14H,8,18H2. The van der Waals surface area contributed by atoms with Gasteiger partial charge in [0.05, 0.1) is 0 Å². The molecule has 0 aliphatic heterocycles. The van der Waals surface area contributed by atoms with Crippen LogP contribution in [0.4, 0.5) is 8.78 Å². The summed E-state index contributed by atoms with van der Waals surface area (Å²) < 4.78 is 24.5. The number of rotatable bonds is 4. The summed E-state index contributed by atoms with van der Waals surface area (Å²) in [6, 6.07) is 12.5. The second kappa shape index (κ2) is 6.37. The fourth-order valence-electron chi connectivity index (χ4n) is 1.83. The van der Waals surface area contributed by atoms with E-state index in [-0.39, 0.29) is 0 Å². The van der Waals surface area contributed by atoms with Gasteiger partial charge in [-0.1, -0.05) is 41.6 Å². The van der Waals surface area contributed by atoms with Gasteiger partial charge in [0.1, 0.15) is 0 Å². The van der Waals surface area contributed by atoms with Gasteiger partial charge in [-0.25, -0.2) is 0 Å². The molecule has 19 heavy (non-hydrogen) atoms. The molecular weight excluding hydrogens is 288 g/mol. The molecule has 0 spiro atoms. The predicted molar refractivity (Wildman–Crippen MR) is 76.6 cm³/mol. The first-order valence-corrected chi connectivity index (χ1v) is 6.89. The SMILES string of the molecule is NCc1cc(Cl)ccc1-c1ccc(SC(F)F)cc1. The lowest BCUT2D eigenvalue weighted by atomic mass is 10.00. The van der Waals surface area contributed by atoms with Crippen molar-refractivity contribution in [3.05, 3.63) is 53.1 Å². The van der Waals surface area contributed by atoms with Crippen LogP contribution >= 0.6 is 23.4 Å². The molecule has 0 heterocycles. The highest BCUT2D eigenvalue weighted by atomic mass is 35.5. The van der Waals surface area contributed by atoms with Crippen LogP contribution in [0.2, 0.25) is 5.02 Å². The van der Waals surface area contributed by atoms with Crippen molar-refractivity contribution < 1.29 is 8.78 Å². The molecule has 0 radical (unpaired) electrons. The highest BCUT2D eigenvalue weighted by Crippen LogP contribution is 2.30. The van der Waals surface area contributed by atoms with Gasteiger partial charge in [-0.15, -0.1) is 0 Å². The van der Waals surface area contributed by atoms with Crippen LogP contribution in [-0.2, 0) is 6.54 Å². The molecule has 0 bridgehead atoms. The summed E-state index contributed by atoms with van der Waals surface area (Å²) in [5, 5.41) is 0.633. The van der Waals surface area contributed by atoms with Gasteiger partial charge in [0.25, 0.3) is 5.76 Å². The Morgan fingerprint density at radius 1 is 1.11 bits per heavy atom. The first-order chi connectivity index (χ1) is 9.10. The van der Waals surface area contributed by atoms with Crippen molar-refractivity contribution >= 4 is 23.4 Å². The summed E-state index contributed by atoms with van der Waals surface area (Å²) >= 11 is 6.46. The van der Waals surface area contributed by atoms with E-state index >= 15 is 0 Å². The maximum atomic E-state index is 12.2. The van der Waals surface area contributed by atoms with Crippen molar-refractivity contribution in [1.29, 1.82) is 0 Å². The van der Waals surface area contributed by atoms with E-state index in [1.807, 2.05) is 24.3 Å². The van der Waals surface area contributed by atoms with E-state index in [4.69, 9.17) is 17.3 Å². The van der Waals surface area contributed by atoms with Crippen molar-refractivity contribution in [2.24, 2.45) is 5.73 Å². The molecule has 0 saturated carbocycles. The summed E-state index contributed by atoms with van der Waals surface area (Å²) in [6.45, 7) is 0.378. The topological polar surface area (TPSA) is 26.0 Å². The number of halogens is 3. The van der Waals surface area contributed by atoms with E-state index in [1.54, 1.807) is 18.2 Å². The Labute approximate surface area is 119 Å². The summed E-state index contributed by atoms with van der Waals surface area (Å²) in [4.78, 5) is 0.544. The zero-order chi connectivity index (χ0) is 13.8. The number of nitrogens with two attached hydrogens (primary N) is 1. The fraction of sp³-hybridized carbons (Fsp3) is 0.143. The van der Waals surface area contributed by atoms with E-state index < -0.39 is 5.76 Å². The Kier molecular flexibility index (Phi) is 4.80. The molecule has 0 amide bonds. The molecule has 2 N–H and O–H groups in total. The second-order valence-corrected chi connectivity index (χ2v) is 5.41. The maximum absolute atomic E-state index is 12.2. The van der Waals surface area contributed by atoms with Gasteiger partial charge in [-0.2, -0.15) is 8.78 Å². The second-order valence-electron chi connectivity index (χ2n) is 3.91. The number of alkyl halides is 2. The highest BCUT2D eigenvalue weighted by Gasteiger charge is 2.07. The van der Waals surface area contributed by atoms with E-state index in [1.165, 1.54) is 0 Å². The molecular formula is C14H12ClF2NS. The van der Waals surface area contributed by atoms with E-state index in [0.29, 0.717) is 28.2 Å². The largest absolute Gasteiger partial charge is 0.326 e. The third kappa shape index (κ3) is 3.69. The lowest BCUT2D eigenvalue weighted by molar-refractivity contribution is 0.252. The molecule has 0 aliphatic rings. The zero-order valence-electron chi connectivity index (χ0n) is 9.95. The first kappa shape index (κ1) is 14.3. The molecule has 2 aromatic carbocycles. The van der Waals surface area contributed by atoms with Gasteiger partial charge in [-0.05, 0) is 41.0 Å². The molecule has 0 aromatic heterocycles. The molecule has 2 aromatic rings. The molecule has 0 aliphatic carbocycles. The molecule has 0 atom stereocenters. The number of hydrogen-bond acceptors (Lipinski definition) is 2. The molecule has 100 valence electrons. The van der Waals surface area contributed by atoms with Crippen molar-refractivity contribution in [3.63, 3.8) is 0 Å². The Morgan fingerprint density at radius 2 is 1.79 bits per heavy atom. The number of hydrogen-bond donors (Lipinski definition) is 1. The van der Waals surface area contributed by atoms with Gasteiger partial charge in [0.15, 0.2) is 0 Å². The minimum atomic E-state index is -2.40. The summed E-state index contributed by atoms with van der Waals surface area (Å²) in [5.41, 5.74) is 8.54. The molecule has 0 fully saturated rings. The quantitative estimate of drug-likeness (QED) is 0.822. The third-order valence-corrected chi connectivity index (χ3v) is 3.64. The summed E-state index contributed by atoms with van der Waals surface area (Å²) in [5.74, 6) is -2.40. The lowest BCUT2D eigenvalue weighted by Gasteiger charge is -2.09. The minimum absolute atomic E-state index is 0.378. The Balaban J connectivity index is 2.32. The fourth-order valence-corrected chi connectivity index (χ4v) is 2.52. The smallest absolute Gasteiger partial charge is 0.288 e. The van der Waals surface area contributed by atoms with Crippen LogP contribution in [0.25, 0.3) is 11.1 Å². The van der Waals surface area contributed by atoms with Crippen LogP contribution in [0.15, 0.2) is 47.4 Å². The average Bonchev–Trinajstić information content (AvgIpc) is 2.39. The summed E-state index contributed by atoms with van der Waals surface area (Å²) in [6.07, 6.45) is 0.